The summed E-state index contributed by atoms with van der Waals surface area (Å²) >= 11 is 0. The molecule has 0 spiro atoms. The number of nitrogens with one attached hydrogen (secondary N) is 1. The van der Waals surface area contributed by atoms with Crippen molar-refractivity contribution >= 4 is 0 Å². The largest absolute Gasteiger partial charge is 0.459 e. The van der Waals surface area contributed by atoms with E-state index in [4.69, 9.17) is 0 Å². The molecule has 0 atom stereocenters. The lowest BCUT2D eigenvalue weighted by molar-refractivity contribution is -0.356. The van der Waals surface area contributed by atoms with Crippen molar-refractivity contribution in [1.29, 1.82) is 0 Å². The normalized spacial score (nSPS) is 20.6. The van der Waals surface area contributed by atoms with Crippen LogP contribution in [0.15, 0.2) is 0 Å². The predicted octanol–water partition coefficient (Wildman–Crippen LogP) is 1.72. The molecule has 0 aromatic rings. The fraction of sp³-hybridized carbons (Fsp3) is 1.00. The van der Waals surface area contributed by atoms with Crippen molar-refractivity contribution in [3.8, 4) is 0 Å². The van der Waals surface area contributed by atoms with Gasteiger partial charge in [-0.2, -0.15) is 30.7 Å². The van der Waals surface area contributed by atoms with Gasteiger partial charge in [0.1, 0.15) is 0 Å². The highest BCUT2D eigenvalue weighted by Crippen LogP contribution is 2.46. The van der Waals surface area contributed by atoms with Crippen molar-refractivity contribution in [2.75, 3.05) is 32.7 Å². The van der Waals surface area contributed by atoms with E-state index in [9.17, 15) is 30.7 Å². The summed E-state index contributed by atoms with van der Waals surface area (Å²) in [4.78, 5) is 0.885. The third kappa shape index (κ3) is 3.01. The molecule has 0 saturated carbocycles. The fourth-order valence-electron chi connectivity index (χ4n) is 1.46. The SMILES string of the molecule is FC(F)(F)C(F)(F)C(F)(F)CN1CCNCC1. The topological polar surface area (TPSA) is 15.3 Å². The van der Waals surface area contributed by atoms with E-state index in [1.165, 1.54) is 0 Å². The average molecular weight is 268 g/mol. The lowest BCUT2D eigenvalue weighted by Crippen LogP contribution is -2.58. The zero-order chi connectivity index (χ0) is 13.3. The highest BCUT2D eigenvalue weighted by atomic mass is 19.4. The molecule has 0 aromatic heterocycles. The Morgan fingerprint density at radius 1 is 0.882 bits per heavy atom. The standard InChI is InChI=1S/C8H11F7N2/c9-6(10,7(11,12)8(13,14)15)5-17-3-1-16-2-4-17/h16H,1-5H2. The van der Waals surface area contributed by atoms with E-state index in [1.54, 1.807) is 0 Å². The molecule has 1 heterocycles. The molecule has 0 amide bonds. The number of alkyl halides is 7. The van der Waals surface area contributed by atoms with Crippen LogP contribution < -0.4 is 5.32 Å². The highest BCUT2D eigenvalue weighted by molar-refractivity contribution is 4.93. The summed E-state index contributed by atoms with van der Waals surface area (Å²) in [6.45, 7) is -0.990. The summed E-state index contributed by atoms with van der Waals surface area (Å²) in [6.07, 6.45) is -6.25. The van der Waals surface area contributed by atoms with E-state index < -0.39 is 24.6 Å². The van der Waals surface area contributed by atoms with Crippen molar-refractivity contribution in [3.05, 3.63) is 0 Å². The molecule has 1 fully saturated rings. The minimum Gasteiger partial charge on any atom is -0.314 e. The minimum atomic E-state index is -6.25. The molecule has 0 bridgehead atoms. The average Bonchev–Trinajstić information content (AvgIpc) is 2.16. The summed E-state index contributed by atoms with van der Waals surface area (Å²) in [5.41, 5.74) is 0. The molecule has 17 heavy (non-hydrogen) atoms. The Bertz CT molecular complexity index is 257. The molecule has 2 nitrogen and oxygen atoms in total. The molecule has 102 valence electrons. The van der Waals surface area contributed by atoms with Crippen LogP contribution in [-0.2, 0) is 0 Å². The smallest absolute Gasteiger partial charge is 0.314 e. The van der Waals surface area contributed by atoms with Gasteiger partial charge in [-0.05, 0) is 0 Å². The van der Waals surface area contributed by atoms with Crippen LogP contribution in [0.25, 0.3) is 0 Å². The number of halogens is 7. The third-order valence-corrected chi connectivity index (χ3v) is 2.45. The van der Waals surface area contributed by atoms with Gasteiger partial charge in [-0.3, -0.25) is 4.90 Å². The summed E-state index contributed by atoms with van der Waals surface area (Å²) in [5.74, 6) is -11.1. The maximum atomic E-state index is 12.9. The quantitative estimate of drug-likeness (QED) is 0.784. The molecular formula is C8H11F7N2. The van der Waals surface area contributed by atoms with Crippen LogP contribution in [0, 0.1) is 0 Å². The number of rotatable bonds is 3. The third-order valence-electron chi connectivity index (χ3n) is 2.45. The van der Waals surface area contributed by atoms with Crippen molar-refractivity contribution < 1.29 is 30.7 Å². The van der Waals surface area contributed by atoms with Crippen molar-refractivity contribution in [2.45, 2.75) is 18.0 Å². The molecule has 0 unspecified atom stereocenters. The van der Waals surface area contributed by atoms with E-state index in [2.05, 4.69) is 5.32 Å². The van der Waals surface area contributed by atoms with Crippen molar-refractivity contribution in [3.63, 3.8) is 0 Å². The van der Waals surface area contributed by atoms with Crippen molar-refractivity contribution in [1.82, 2.24) is 10.2 Å². The molecule has 1 rings (SSSR count). The van der Waals surface area contributed by atoms with Crippen LogP contribution in [0.4, 0.5) is 30.7 Å². The second-order valence-corrected chi connectivity index (χ2v) is 3.80. The molecule has 1 aliphatic rings. The zero-order valence-electron chi connectivity index (χ0n) is 8.63. The number of hydrogen-bond acceptors (Lipinski definition) is 2. The van der Waals surface area contributed by atoms with Gasteiger partial charge in [-0.15, -0.1) is 0 Å². The lowest BCUT2D eigenvalue weighted by Gasteiger charge is -2.34. The van der Waals surface area contributed by atoms with Crippen LogP contribution in [-0.4, -0.2) is 55.6 Å². The first-order chi connectivity index (χ1) is 7.58. The van der Waals surface area contributed by atoms with Gasteiger partial charge < -0.3 is 5.32 Å². The first kappa shape index (κ1) is 14.5. The van der Waals surface area contributed by atoms with E-state index in [-0.39, 0.29) is 26.2 Å². The molecule has 0 aromatic carbocycles. The molecule has 9 heteroatoms. The van der Waals surface area contributed by atoms with Gasteiger partial charge in [0.15, 0.2) is 0 Å². The second kappa shape index (κ2) is 4.60. The zero-order valence-corrected chi connectivity index (χ0v) is 8.63. The summed E-state index contributed by atoms with van der Waals surface area (Å²) in [7, 11) is 0. The summed E-state index contributed by atoms with van der Waals surface area (Å²) in [6, 6.07) is 0. The summed E-state index contributed by atoms with van der Waals surface area (Å²) < 4.78 is 86.5. The minimum absolute atomic E-state index is 0.0174. The number of piperazine rings is 1. The van der Waals surface area contributed by atoms with Gasteiger partial charge >= 0.3 is 18.0 Å². The van der Waals surface area contributed by atoms with E-state index in [0.717, 1.165) is 4.90 Å². The molecule has 0 aliphatic carbocycles. The Hall–Kier alpha value is -0.570. The lowest BCUT2D eigenvalue weighted by atomic mass is 10.1. The first-order valence-electron chi connectivity index (χ1n) is 4.83. The van der Waals surface area contributed by atoms with Crippen molar-refractivity contribution in [2.24, 2.45) is 0 Å². The van der Waals surface area contributed by atoms with Crippen LogP contribution in [0.5, 0.6) is 0 Å². The van der Waals surface area contributed by atoms with Gasteiger partial charge in [0, 0.05) is 26.2 Å². The molecule has 0 radical (unpaired) electrons. The Kier molecular flexibility index (Phi) is 3.92. The predicted molar refractivity (Wildman–Crippen MR) is 45.3 cm³/mol. The summed E-state index contributed by atoms with van der Waals surface area (Å²) in [5, 5.41) is 2.77. The van der Waals surface area contributed by atoms with Gasteiger partial charge in [-0.1, -0.05) is 0 Å². The Morgan fingerprint density at radius 2 is 1.35 bits per heavy atom. The molecule has 1 N–H and O–H groups in total. The van der Waals surface area contributed by atoms with Gasteiger partial charge in [0.25, 0.3) is 0 Å². The van der Waals surface area contributed by atoms with E-state index >= 15 is 0 Å². The Labute approximate surface area is 92.8 Å². The van der Waals surface area contributed by atoms with Crippen LogP contribution in [0.2, 0.25) is 0 Å². The van der Waals surface area contributed by atoms with E-state index in [1.807, 2.05) is 0 Å². The monoisotopic (exact) mass is 268 g/mol. The molecule has 1 saturated heterocycles. The maximum absolute atomic E-state index is 12.9. The maximum Gasteiger partial charge on any atom is 0.459 e. The molecular weight excluding hydrogens is 257 g/mol. The fourth-order valence-corrected chi connectivity index (χ4v) is 1.46. The molecule has 1 aliphatic heterocycles. The Balaban J connectivity index is 2.72. The van der Waals surface area contributed by atoms with Crippen LogP contribution in [0.3, 0.4) is 0 Å². The first-order valence-corrected chi connectivity index (χ1v) is 4.83. The second-order valence-electron chi connectivity index (χ2n) is 3.80. The highest BCUT2D eigenvalue weighted by Gasteiger charge is 2.72. The van der Waals surface area contributed by atoms with Gasteiger partial charge in [-0.25, -0.2) is 0 Å². The van der Waals surface area contributed by atoms with E-state index in [0.29, 0.717) is 0 Å². The van der Waals surface area contributed by atoms with Crippen LogP contribution >= 0.6 is 0 Å². The number of hydrogen-bond donors (Lipinski definition) is 1. The van der Waals surface area contributed by atoms with Crippen LogP contribution in [0.1, 0.15) is 0 Å². The Morgan fingerprint density at radius 3 is 1.76 bits per heavy atom. The van der Waals surface area contributed by atoms with Gasteiger partial charge in [0.05, 0.1) is 6.54 Å². The van der Waals surface area contributed by atoms with Gasteiger partial charge in [0.2, 0.25) is 0 Å². The number of nitrogens with zero attached hydrogens (tertiary/aromatic N) is 1.